The normalized spacial score (nSPS) is 12.8. The van der Waals surface area contributed by atoms with Crippen molar-refractivity contribution in [2.75, 3.05) is 16.8 Å². The SMILES string of the molecule is Cc1ccc2cc3c(nc2c1)N(c1ccc(C(=O)Nc2cc(Cl)cc(Cl)c2)cc1)CC3. The highest BCUT2D eigenvalue weighted by Crippen LogP contribution is 2.35. The molecule has 1 N–H and O–H groups in total. The Kier molecular flexibility index (Phi) is 5.05. The number of hydrogen-bond acceptors (Lipinski definition) is 3. The van der Waals surface area contributed by atoms with E-state index in [0.717, 1.165) is 30.0 Å². The number of pyridine rings is 1. The molecular weight excluding hydrogens is 429 g/mol. The van der Waals surface area contributed by atoms with Gasteiger partial charge in [-0.2, -0.15) is 0 Å². The minimum Gasteiger partial charge on any atom is -0.326 e. The molecule has 1 aliphatic rings. The van der Waals surface area contributed by atoms with E-state index in [4.69, 9.17) is 28.2 Å². The summed E-state index contributed by atoms with van der Waals surface area (Å²) in [6, 6.07) is 21.1. The average molecular weight is 448 g/mol. The quantitative estimate of drug-likeness (QED) is 0.375. The van der Waals surface area contributed by atoms with E-state index < -0.39 is 0 Å². The molecule has 0 saturated heterocycles. The minimum atomic E-state index is -0.216. The summed E-state index contributed by atoms with van der Waals surface area (Å²) >= 11 is 12.0. The predicted molar refractivity (Wildman–Crippen MR) is 128 cm³/mol. The third kappa shape index (κ3) is 3.97. The van der Waals surface area contributed by atoms with Gasteiger partial charge in [-0.05, 0) is 79.1 Å². The van der Waals surface area contributed by atoms with Crippen LogP contribution in [0.15, 0.2) is 66.7 Å². The summed E-state index contributed by atoms with van der Waals surface area (Å²) in [5.74, 6) is 0.773. The summed E-state index contributed by atoms with van der Waals surface area (Å²) in [6.07, 6.45) is 0.948. The standard InChI is InChI=1S/C25H19Cl2N3O/c1-15-2-3-17-11-18-8-9-30(24(18)29-23(17)10-15)22-6-4-16(5-7-22)25(31)28-21-13-19(26)12-20(27)14-21/h2-7,10-14H,8-9H2,1H3,(H,28,31). The molecule has 1 aromatic heterocycles. The van der Waals surface area contributed by atoms with Gasteiger partial charge in [0.15, 0.2) is 0 Å². The topological polar surface area (TPSA) is 45.2 Å². The van der Waals surface area contributed by atoms with E-state index in [1.165, 1.54) is 16.5 Å². The Morgan fingerprint density at radius 3 is 2.45 bits per heavy atom. The van der Waals surface area contributed by atoms with Gasteiger partial charge in [0.05, 0.1) is 5.52 Å². The van der Waals surface area contributed by atoms with Crippen LogP contribution in [-0.2, 0) is 6.42 Å². The molecule has 6 heteroatoms. The van der Waals surface area contributed by atoms with Crippen LogP contribution in [0, 0.1) is 6.92 Å². The highest BCUT2D eigenvalue weighted by atomic mass is 35.5. The summed E-state index contributed by atoms with van der Waals surface area (Å²) < 4.78 is 0. The third-order valence-electron chi connectivity index (χ3n) is 5.45. The fourth-order valence-corrected chi connectivity index (χ4v) is 4.47. The first-order chi connectivity index (χ1) is 15.0. The summed E-state index contributed by atoms with van der Waals surface area (Å²) in [7, 11) is 0. The fourth-order valence-electron chi connectivity index (χ4n) is 3.94. The molecular formula is C25H19Cl2N3O. The Labute approximate surface area is 190 Å². The number of aromatic nitrogens is 1. The van der Waals surface area contributed by atoms with E-state index in [9.17, 15) is 4.79 Å². The lowest BCUT2D eigenvalue weighted by Crippen LogP contribution is -2.15. The first kappa shape index (κ1) is 19.9. The molecule has 0 atom stereocenters. The molecule has 31 heavy (non-hydrogen) atoms. The smallest absolute Gasteiger partial charge is 0.255 e. The Hall–Kier alpha value is -3.08. The van der Waals surface area contributed by atoms with E-state index in [1.54, 1.807) is 18.2 Å². The average Bonchev–Trinajstić information content (AvgIpc) is 3.14. The van der Waals surface area contributed by atoms with Gasteiger partial charge in [0.25, 0.3) is 5.91 Å². The van der Waals surface area contributed by atoms with Crippen molar-refractivity contribution < 1.29 is 4.79 Å². The largest absolute Gasteiger partial charge is 0.326 e. The number of benzene rings is 3. The van der Waals surface area contributed by atoms with Crippen LogP contribution in [0.3, 0.4) is 0 Å². The van der Waals surface area contributed by atoms with Gasteiger partial charge >= 0.3 is 0 Å². The molecule has 1 aliphatic heterocycles. The van der Waals surface area contributed by atoms with E-state index in [2.05, 4.69) is 41.4 Å². The van der Waals surface area contributed by atoms with E-state index in [1.807, 2.05) is 24.3 Å². The van der Waals surface area contributed by atoms with Crippen molar-refractivity contribution in [2.45, 2.75) is 13.3 Å². The maximum absolute atomic E-state index is 12.6. The van der Waals surface area contributed by atoms with E-state index in [-0.39, 0.29) is 5.91 Å². The van der Waals surface area contributed by atoms with Crippen LogP contribution >= 0.6 is 23.2 Å². The molecule has 5 rings (SSSR count). The summed E-state index contributed by atoms with van der Waals surface area (Å²) in [5, 5.41) is 4.95. The number of hydrogen-bond donors (Lipinski definition) is 1. The van der Waals surface area contributed by atoms with Crippen molar-refractivity contribution in [3.63, 3.8) is 0 Å². The monoisotopic (exact) mass is 447 g/mol. The second-order valence-electron chi connectivity index (χ2n) is 7.73. The molecule has 0 aliphatic carbocycles. The number of aryl methyl sites for hydroxylation is 1. The summed E-state index contributed by atoms with van der Waals surface area (Å²) in [6.45, 7) is 2.94. The van der Waals surface area contributed by atoms with Crippen LogP contribution in [0.1, 0.15) is 21.5 Å². The fraction of sp³-hybridized carbons (Fsp3) is 0.120. The maximum Gasteiger partial charge on any atom is 0.255 e. The number of rotatable bonds is 3. The van der Waals surface area contributed by atoms with Crippen LogP contribution in [0.25, 0.3) is 10.9 Å². The number of carbonyl (C=O) groups is 1. The molecule has 0 unspecified atom stereocenters. The lowest BCUT2D eigenvalue weighted by molar-refractivity contribution is 0.102. The van der Waals surface area contributed by atoms with Gasteiger partial charge < -0.3 is 10.2 Å². The number of carbonyl (C=O) groups excluding carboxylic acids is 1. The van der Waals surface area contributed by atoms with Crippen molar-refractivity contribution in [2.24, 2.45) is 0 Å². The van der Waals surface area contributed by atoms with Crippen LogP contribution in [0.4, 0.5) is 17.2 Å². The van der Waals surface area contributed by atoms with Gasteiger partial charge in [-0.1, -0.05) is 35.3 Å². The number of amides is 1. The summed E-state index contributed by atoms with van der Waals surface area (Å²) in [5.41, 5.74) is 5.58. The number of nitrogens with one attached hydrogen (secondary N) is 1. The number of fused-ring (bicyclic) bond motifs is 2. The second kappa shape index (κ2) is 7.88. The Morgan fingerprint density at radius 2 is 1.71 bits per heavy atom. The van der Waals surface area contributed by atoms with Gasteiger partial charge in [0.2, 0.25) is 0 Å². The molecule has 0 saturated carbocycles. The van der Waals surface area contributed by atoms with Crippen LogP contribution in [-0.4, -0.2) is 17.4 Å². The van der Waals surface area contributed by atoms with Gasteiger partial charge in [-0.25, -0.2) is 4.98 Å². The van der Waals surface area contributed by atoms with Crippen molar-refractivity contribution in [1.29, 1.82) is 0 Å². The number of nitrogens with zero attached hydrogens (tertiary/aromatic N) is 2. The molecule has 4 aromatic rings. The Bertz CT molecular complexity index is 1300. The van der Waals surface area contributed by atoms with Gasteiger partial charge in [0, 0.05) is 38.9 Å². The zero-order valence-electron chi connectivity index (χ0n) is 16.8. The lowest BCUT2D eigenvalue weighted by Gasteiger charge is -2.19. The molecule has 0 radical (unpaired) electrons. The first-order valence-electron chi connectivity index (χ1n) is 10.0. The van der Waals surface area contributed by atoms with Crippen molar-refractivity contribution in [3.05, 3.63) is 93.5 Å². The second-order valence-corrected chi connectivity index (χ2v) is 8.60. The lowest BCUT2D eigenvalue weighted by atomic mass is 10.1. The molecule has 0 spiro atoms. The molecule has 0 fully saturated rings. The van der Waals surface area contributed by atoms with E-state index in [0.29, 0.717) is 21.3 Å². The van der Waals surface area contributed by atoms with Crippen LogP contribution in [0.5, 0.6) is 0 Å². The van der Waals surface area contributed by atoms with Gasteiger partial charge in [-0.15, -0.1) is 0 Å². The molecule has 1 amide bonds. The highest BCUT2D eigenvalue weighted by molar-refractivity contribution is 6.35. The Balaban J connectivity index is 1.39. The molecule has 4 nitrogen and oxygen atoms in total. The number of anilines is 3. The van der Waals surface area contributed by atoms with Crippen molar-refractivity contribution >= 4 is 57.2 Å². The predicted octanol–water partition coefficient (Wildman–Crippen LogP) is 6.80. The van der Waals surface area contributed by atoms with Gasteiger partial charge in [0.1, 0.15) is 5.82 Å². The maximum atomic E-state index is 12.6. The third-order valence-corrected chi connectivity index (χ3v) is 5.89. The highest BCUT2D eigenvalue weighted by Gasteiger charge is 2.23. The van der Waals surface area contributed by atoms with Crippen LogP contribution in [0.2, 0.25) is 10.0 Å². The first-order valence-corrected chi connectivity index (χ1v) is 10.8. The van der Waals surface area contributed by atoms with E-state index >= 15 is 0 Å². The molecule has 3 aromatic carbocycles. The zero-order valence-corrected chi connectivity index (χ0v) is 18.3. The molecule has 2 heterocycles. The Morgan fingerprint density at radius 1 is 0.968 bits per heavy atom. The molecule has 154 valence electrons. The summed E-state index contributed by atoms with van der Waals surface area (Å²) in [4.78, 5) is 19.8. The van der Waals surface area contributed by atoms with Crippen LogP contribution < -0.4 is 10.2 Å². The molecule has 0 bridgehead atoms. The number of halogens is 2. The zero-order chi connectivity index (χ0) is 21.5. The van der Waals surface area contributed by atoms with Crippen molar-refractivity contribution in [3.8, 4) is 0 Å². The van der Waals surface area contributed by atoms with Crippen molar-refractivity contribution in [1.82, 2.24) is 4.98 Å². The minimum absolute atomic E-state index is 0.216. The van der Waals surface area contributed by atoms with Gasteiger partial charge in [-0.3, -0.25) is 4.79 Å².